The molecule has 23 heavy (non-hydrogen) atoms. The van der Waals surface area contributed by atoms with Crippen molar-refractivity contribution < 1.29 is 9.47 Å². The van der Waals surface area contributed by atoms with Gasteiger partial charge in [-0.15, -0.1) is 0 Å². The fourth-order valence-electron chi connectivity index (χ4n) is 1.99. The highest BCUT2D eigenvalue weighted by molar-refractivity contribution is 9.10. The van der Waals surface area contributed by atoms with Gasteiger partial charge in [-0.1, -0.05) is 29.8 Å². The van der Waals surface area contributed by atoms with Crippen LogP contribution in [0.2, 0.25) is 5.02 Å². The van der Waals surface area contributed by atoms with Crippen LogP contribution in [0.25, 0.3) is 6.08 Å². The summed E-state index contributed by atoms with van der Waals surface area (Å²) in [5, 5.41) is 9.31. The maximum atomic E-state index is 8.64. The van der Waals surface area contributed by atoms with Crippen molar-refractivity contribution in [1.82, 2.24) is 0 Å². The summed E-state index contributed by atoms with van der Waals surface area (Å²) in [5.41, 5.74) is 1.75. The SMILES string of the molecule is CCOc1cc(/C=C/C#N)cc(Br)c1OCc1ccccc1Cl. The second kappa shape index (κ2) is 8.61. The molecular weight excluding hydrogens is 378 g/mol. The largest absolute Gasteiger partial charge is 0.490 e. The average molecular weight is 393 g/mol. The van der Waals surface area contributed by atoms with Gasteiger partial charge in [-0.2, -0.15) is 5.26 Å². The van der Waals surface area contributed by atoms with Gasteiger partial charge in [0.1, 0.15) is 6.61 Å². The van der Waals surface area contributed by atoms with Crippen molar-refractivity contribution >= 4 is 33.6 Å². The van der Waals surface area contributed by atoms with Crippen LogP contribution in [0.5, 0.6) is 11.5 Å². The van der Waals surface area contributed by atoms with E-state index >= 15 is 0 Å². The minimum Gasteiger partial charge on any atom is -0.490 e. The highest BCUT2D eigenvalue weighted by Gasteiger charge is 2.12. The third kappa shape index (κ3) is 4.75. The zero-order valence-electron chi connectivity index (χ0n) is 12.6. The van der Waals surface area contributed by atoms with E-state index < -0.39 is 0 Å². The molecular formula is C18H15BrClNO2. The van der Waals surface area contributed by atoms with Crippen molar-refractivity contribution in [2.75, 3.05) is 6.61 Å². The molecule has 0 bridgehead atoms. The zero-order chi connectivity index (χ0) is 16.7. The fourth-order valence-corrected chi connectivity index (χ4v) is 2.75. The highest BCUT2D eigenvalue weighted by atomic mass is 79.9. The standard InChI is InChI=1S/C18H15BrClNO2/c1-2-22-17-11-13(6-5-9-21)10-15(19)18(17)23-12-14-7-3-4-8-16(14)20/h3-8,10-11H,2,12H2,1H3/b6-5+. The van der Waals surface area contributed by atoms with Gasteiger partial charge in [0, 0.05) is 16.7 Å². The Bertz CT molecular complexity index is 753. The first-order valence-electron chi connectivity index (χ1n) is 7.04. The van der Waals surface area contributed by atoms with E-state index in [0.29, 0.717) is 29.7 Å². The van der Waals surface area contributed by atoms with Gasteiger partial charge in [0.15, 0.2) is 11.5 Å². The van der Waals surface area contributed by atoms with Crippen molar-refractivity contribution in [2.45, 2.75) is 13.5 Å². The number of rotatable bonds is 6. The van der Waals surface area contributed by atoms with Crippen LogP contribution in [0.4, 0.5) is 0 Å². The molecule has 0 N–H and O–H groups in total. The lowest BCUT2D eigenvalue weighted by Crippen LogP contribution is -2.01. The third-order valence-electron chi connectivity index (χ3n) is 3.01. The summed E-state index contributed by atoms with van der Waals surface area (Å²) >= 11 is 9.65. The van der Waals surface area contributed by atoms with Crippen molar-refractivity contribution in [1.29, 1.82) is 5.26 Å². The van der Waals surface area contributed by atoms with E-state index in [-0.39, 0.29) is 0 Å². The first-order chi connectivity index (χ1) is 11.2. The second-order valence-electron chi connectivity index (χ2n) is 4.61. The Morgan fingerprint density at radius 3 is 2.74 bits per heavy atom. The minimum atomic E-state index is 0.339. The predicted octanol–water partition coefficient (Wildman–Crippen LogP) is 5.62. The molecule has 0 aromatic heterocycles. The monoisotopic (exact) mass is 391 g/mol. The van der Waals surface area contributed by atoms with Crippen LogP contribution in [0.1, 0.15) is 18.1 Å². The number of benzene rings is 2. The van der Waals surface area contributed by atoms with Crippen molar-refractivity contribution in [3.63, 3.8) is 0 Å². The summed E-state index contributed by atoms with van der Waals surface area (Å²) in [4.78, 5) is 0. The molecule has 0 radical (unpaired) electrons. The van der Waals surface area contributed by atoms with E-state index in [1.165, 1.54) is 6.08 Å². The smallest absolute Gasteiger partial charge is 0.175 e. The molecule has 0 aliphatic rings. The molecule has 2 aromatic carbocycles. The van der Waals surface area contributed by atoms with E-state index in [1.54, 1.807) is 6.08 Å². The summed E-state index contributed by atoms with van der Waals surface area (Å²) in [6, 6.07) is 13.2. The maximum Gasteiger partial charge on any atom is 0.175 e. The van der Waals surface area contributed by atoms with Crippen molar-refractivity contribution in [2.24, 2.45) is 0 Å². The lowest BCUT2D eigenvalue weighted by Gasteiger charge is -2.15. The van der Waals surface area contributed by atoms with Crippen LogP contribution in [0.15, 0.2) is 46.9 Å². The van der Waals surface area contributed by atoms with E-state index in [4.69, 9.17) is 26.3 Å². The van der Waals surface area contributed by atoms with E-state index in [9.17, 15) is 0 Å². The van der Waals surface area contributed by atoms with Crippen LogP contribution in [0, 0.1) is 11.3 Å². The van der Waals surface area contributed by atoms with Crippen LogP contribution in [0.3, 0.4) is 0 Å². The molecule has 2 aromatic rings. The van der Waals surface area contributed by atoms with Gasteiger partial charge in [0.2, 0.25) is 0 Å². The molecule has 0 saturated carbocycles. The first-order valence-corrected chi connectivity index (χ1v) is 8.21. The molecule has 0 atom stereocenters. The van der Waals surface area contributed by atoms with Gasteiger partial charge >= 0.3 is 0 Å². The average Bonchev–Trinajstić information content (AvgIpc) is 2.54. The summed E-state index contributed by atoms with van der Waals surface area (Å²) in [6.07, 6.45) is 3.13. The van der Waals surface area contributed by atoms with Crippen molar-refractivity contribution in [3.8, 4) is 17.6 Å². The molecule has 5 heteroatoms. The van der Waals surface area contributed by atoms with Gasteiger partial charge in [0.25, 0.3) is 0 Å². The van der Waals surface area contributed by atoms with Crippen LogP contribution in [-0.4, -0.2) is 6.61 Å². The van der Waals surface area contributed by atoms with Crippen LogP contribution < -0.4 is 9.47 Å². The number of hydrogen-bond donors (Lipinski definition) is 0. The van der Waals surface area contributed by atoms with Crippen LogP contribution in [-0.2, 0) is 6.61 Å². The summed E-state index contributed by atoms with van der Waals surface area (Å²) in [7, 11) is 0. The van der Waals surface area contributed by atoms with E-state index in [0.717, 1.165) is 15.6 Å². The van der Waals surface area contributed by atoms with Gasteiger partial charge in [-0.05, 0) is 52.7 Å². The Morgan fingerprint density at radius 2 is 2.04 bits per heavy atom. The molecule has 0 saturated heterocycles. The van der Waals surface area contributed by atoms with Gasteiger partial charge < -0.3 is 9.47 Å². The Hall–Kier alpha value is -1.96. The normalized spacial score (nSPS) is 10.5. The maximum absolute atomic E-state index is 8.64. The topological polar surface area (TPSA) is 42.2 Å². The second-order valence-corrected chi connectivity index (χ2v) is 5.87. The minimum absolute atomic E-state index is 0.339. The third-order valence-corrected chi connectivity index (χ3v) is 3.97. The summed E-state index contributed by atoms with van der Waals surface area (Å²) in [5.74, 6) is 1.23. The number of ether oxygens (including phenoxy) is 2. The predicted molar refractivity (Wildman–Crippen MR) is 95.7 cm³/mol. The first kappa shape index (κ1) is 17.4. The number of allylic oxidation sites excluding steroid dienone is 1. The van der Waals surface area contributed by atoms with Crippen LogP contribution >= 0.6 is 27.5 Å². The molecule has 0 spiro atoms. The lowest BCUT2D eigenvalue weighted by atomic mass is 10.2. The Morgan fingerprint density at radius 1 is 1.26 bits per heavy atom. The molecule has 0 aliphatic carbocycles. The Labute approximate surface area is 149 Å². The Balaban J connectivity index is 2.28. The van der Waals surface area contributed by atoms with Gasteiger partial charge in [-0.25, -0.2) is 0 Å². The number of nitrogens with zero attached hydrogens (tertiary/aromatic N) is 1. The Kier molecular flexibility index (Phi) is 6.52. The molecule has 0 heterocycles. The zero-order valence-corrected chi connectivity index (χ0v) is 14.9. The summed E-state index contributed by atoms with van der Waals surface area (Å²) < 4.78 is 12.3. The summed E-state index contributed by atoms with van der Waals surface area (Å²) in [6.45, 7) is 2.76. The van der Waals surface area contributed by atoms with Gasteiger partial charge in [0.05, 0.1) is 17.1 Å². The lowest BCUT2D eigenvalue weighted by molar-refractivity contribution is 0.267. The number of hydrogen-bond acceptors (Lipinski definition) is 3. The van der Waals surface area contributed by atoms with Crippen molar-refractivity contribution in [3.05, 3.63) is 63.1 Å². The fraction of sp³-hybridized carbons (Fsp3) is 0.167. The molecule has 3 nitrogen and oxygen atoms in total. The number of halogens is 2. The highest BCUT2D eigenvalue weighted by Crippen LogP contribution is 2.38. The molecule has 2 rings (SSSR count). The quantitative estimate of drug-likeness (QED) is 0.599. The molecule has 118 valence electrons. The molecule has 0 unspecified atom stereocenters. The van der Waals surface area contributed by atoms with Gasteiger partial charge in [-0.3, -0.25) is 0 Å². The van der Waals surface area contributed by atoms with E-state index in [1.807, 2.05) is 49.4 Å². The molecule has 0 amide bonds. The number of nitriles is 1. The van der Waals surface area contributed by atoms with E-state index in [2.05, 4.69) is 15.9 Å². The molecule has 0 fully saturated rings. The molecule has 0 aliphatic heterocycles.